The summed E-state index contributed by atoms with van der Waals surface area (Å²) in [6.07, 6.45) is 3.99. The van der Waals surface area contributed by atoms with Crippen LogP contribution >= 0.6 is 0 Å². The van der Waals surface area contributed by atoms with Crippen molar-refractivity contribution in [3.8, 4) is 0 Å². The summed E-state index contributed by atoms with van der Waals surface area (Å²) in [6.45, 7) is 21.2. The third-order valence-corrected chi connectivity index (χ3v) is 4.68. The fourth-order valence-corrected chi connectivity index (χ4v) is 4.50. The molecule has 0 aromatic rings. The van der Waals surface area contributed by atoms with Gasteiger partial charge in [0.25, 0.3) is 0 Å². The monoisotopic (exact) mass is 282 g/mol. The van der Waals surface area contributed by atoms with E-state index in [1.54, 1.807) is 0 Å². The van der Waals surface area contributed by atoms with Crippen molar-refractivity contribution in [1.82, 2.24) is 10.2 Å². The average Bonchev–Trinajstić information content (AvgIpc) is 2.18. The van der Waals surface area contributed by atoms with Crippen molar-refractivity contribution in [1.29, 1.82) is 0 Å². The summed E-state index contributed by atoms with van der Waals surface area (Å²) >= 11 is 0. The fraction of sp³-hybridized carbons (Fsp3) is 1.00. The molecular formula is C18H38N2. The summed E-state index contributed by atoms with van der Waals surface area (Å²) in [7, 11) is 0. The van der Waals surface area contributed by atoms with Crippen LogP contribution in [0, 0.1) is 10.8 Å². The Morgan fingerprint density at radius 2 is 1.40 bits per heavy atom. The van der Waals surface area contributed by atoms with Crippen LogP contribution in [0.4, 0.5) is 0 Å². The van der Waals surface area contributed by atoms with Crippen LogP contribution in [0.3, 0.4) is 0 Å². The van der Waals surface area contributed by atoms with Gasteiger partial charge in [0.2, 0.25) is 0 Å². The topological polar surface area (TPSA) is 15.3 Å². The van der Waals surface area contributed by atoms with Gasteiger partial charge < -0.3 is 5.32 Å². The lowest BCUT2D eigenvalue weighted by Crippen LogP contribution is -2.47. The molecule has 2 heteroatoms. The second-order valence-electron chi connectivity index (χ2n) is 8.99. The summed E-state index contributed by atoms with van der Waals surface area (Å²) < 4.78 is 0. The lowest BCUT2D eigenvalue weighted by atomic mass is 9.63. The van der Waals surface area contributed by atoms with Gasteiger partial charge in [0.1, 0.15) is 0 Å². The molecule has 0 aliphatic heterocycles. The van der Waals surface area contributed by atoms with Crippen molar-refractivity contribution in [2.45, 2.75) is 92.8 Å². The van der Waals surface area contributed by atoms with Crippen LogP contribution in [-0.4, -0.2) is 36.1 Å². The van der Waals surface area contributed by atoms with Gasteiger partial charge in [-0.3, -0.25) is 4.90 Å². The molecule has 0 heterocycles. The molecule has 1 aliphatic carbocycles. The Morgan fingerprint density at radius 1 is 0.950 bits per heavy atom. The van der Waals surface area contributed by atoms with E-state index in [1.807, 2.05) is 0 Å². The maximum Gasteiger partial charge on any atom is 0.0112 e. The molecule has 0 atom stereocenters. The minimum Gasteiger partial charge on any atom is -0.313 e. The molecule has 1 aliphatic rings. The number of hydrogen-bond acceptors (Lipinski definition) is 2. The minimum absolute atomic E-state index is 0.481. The Labute approximate surface area is 127 Å². The zero-order chi connectivity index (χ0) is 15.6. The predicted octanol–water partition coefficient (Wildman–Crippen LogP) is 4.30. The smallest absolute Gasteiger partial charge is 0.0112 e. The first-order chi connectivity index (χ1) is 9.02. The van der Waals surface area contributed by atoms with Crippen molar-refractivity contribution in [3.63, 3.8) is 0 Å². The fourth-order valence-electron chi connectivity index (χ4n) is 4.50. The molecule has 20 heavy (non-hydrogen) atoms. The van der Waals surface area contributed by atoms with Crippen LogP contribution in [0.15, 0.2) is 0 Å². The van der Waals surface area contributed by atoms with Gasteiger partial charge in [-0.2, -0.15) is 0 Å². The van der Waals surface area contributed by atoms with E-state index in [1.165, 1.54) is 19.3 Å². The lowest BCUT2D eigenvalue weighted by Gasteiger charge is -2.45. The normalized spacial score (nSPS) is 22.9. The van der Waals surface area contributed by atoms with Crippen LogP contribution < -0.4 is 5.32 Å². The van der Waals surface area contributed by atoms with E-state index >= 15 is 0 Å². The van der Waals surface area contributed by atoms with Gasteiger partial charge in [-0.25, -0.2) is 0 Å². The lowest BCUT2D eigenvalue weighted by molar-refractivity contribution is 0.0817. The van der Waals surface area contributed by atoms with Gasteiger partial charge in [-0.05, 0) is 57.8 Å². The maximum atomic E-state index is 3.83. The first kappa shape index (κ1) is 18.0. The van der Waals surface area contributed by atoms with Crippen molar-refractivity contribution in [2.24, 2.45) is 10.8 Å². The highest BCUT2D eigenvalue weighted by molar-refractivity contribution is 4.92. The Kier molecular flexibility index (Phi) is 6.10. The van der Waals surface area contributed by atoms with Crippen LogP contribution in [0.25, 0.3) is 0 Å². The first-order valence-electron chi connectivity index (χ1n) is 8.51. The van der Waals surface area contributed by atoms with Gasteiger partial charge in [0.15, 0.2) is 0 Å². The second kappa shape index (κ2) is 6.79. The Bertz CT molecular complexity index is 268. The van der Waals surface area contributed by atoms with Gasteiger partial charge in [-0.1, -0.05) is 27.7 Å². The molecule has 0 unspecified atom stereocenters. The molecule has 1 N–H and O–H groups in total. The molecule has 1 fully saturated rings. The molecule has 1 rings (SSSR count). The molecule has 0 aromatic heterocycles. The predicted molar refractivity (Wildman–Crippen MR) is 90.2 cm³/mol. The number of nitrogens with zero attached hydrogens (tertiary/aromatic N) is 1. The summed E-state index contributed by atoms with van der Waals surface area (Å²) in [5.41, 5.74) is 0.963. The summed E-state index contributed by atoms with van der Waals surface area (Å²) in [6, 6.07) is 1.96. The van der Waals surface area contributed by atoms with Crippen LogP contribution in [0.2, 0.25) is 0 Å². The molecule has 2 nitrogen and oxygen atoms in total. The molecule has 0 spiro atoms. The molecule has 120 valence electrons. The Balaban J connectivity index is 2.45. The van der Waals surface area contributed by atoms with E-state index in [9.17, 15) is 0 Å². The van der Waals surface area contributed by atoms with Crippen LogP contribution in [0.1, 0.15) is 74.7 Å². The molecule has 0 amide bonds. The molecule has 0 bridgehead atoms. The number of rotatable bonds is 6. The Hall–Kier alpha value is -0.0800. The van der Waals surface area contributed by atoms with E-state index < -0.39 is 0 Å². The largest absolute Gasteiger partial charge is 0.313 e. The molecule has 0 radical (unpaired) electrons. The van der Waals surface area contributed by atoms with Crippen molar-refractivity contribution < 1.29 is 0 Å². The van der Waals surface area contributed by atoms with E-state index in [0.29, 0.717) is 29.0 Å². The van der Waals surface area contributed by atoms with Crippen LogP contribution in [0.5, 0.6) is 0 Å². The van der Waals surface area contributed by atoms with E-state index in [4.69, 9.17) is 0 Å². The number of hydrogen-bond donors (Lipinski definition) is 1. The van der Waals surface area contributed by atoms with Crippen LogP contribution in [-0.2, 0) is 0 Å². The standard InChI is InChI=1S/C18H38N2/c1-14(2)20(15(3)4)10-9-19-16-11-17(5,6)13-18(7,8)12-16/h14-16,19H,9-13H2,1-8H3. The van der Waals surface area contributed by atoms with E-state index in [-0.39, 0.29) is 0 Å². The van der Waals surface area contributed by atoms with Gasteiger partial charge in [0.05, 0.1) is 0 Å². The second-order valence-corrected chi connectivity index (χ2v) is 8.99. The van der Waals surface area contributed by atoms with E-state index in [0.717, 1.165) is 13.1 Å². The SMILES string of the molecule is CC(C)N(CCNC1CC(C)(C)CC(C)(C)C1)C(C)C. The summed E-state index contributed by atoms with van der Waals surface area (Å²) in [5, 5.41) is 3.83. The average molecular weight is 283 g/mol. The van der Waals surface area contributed by atoms with E-state index in [2.05, 4.69) is 65.6 Å². The molecule has 0 aromatic carbocycles. The van der Waals surface area contributed by atoms with Gasteiger partial charge in [-0.15, -0.1) is 0 Å². The Morgan fingerprint density at radius 3 is 1.80 bits per heavy atom. The summed E-state index contributed by atoms with van der Waals surface area (Å²) in [4.78, 5) is 2.58. The first-order valence-corrected chi connectivity index (χ1v) is 8.51. The van der Waals surface area contributed by atoms with Crippen molar-refractivity contribution in [2.75, 3.05) is 13.1 Å². The number of nitrogens with one attached hydrogen (secondary N) is 1. The van der Waals surface area contributed by atoms with Gasteiger partial charge >= 0.3 is 0 Å². The third kappa shape index (κ3) is 5.73. The molecular weight excluding hydrogens is 244 g/mol. The van der Waals surface area contributed by atoms with Crippen molar-refractivity contribution >= 4 is 0 Å². The quantitative estimate of drug-likeness (QED) is 0.781. The third-order valence-electron chi connectivity index (χ3n) is 4.68. The highest BCUT2D eigenvalue weighted by atomic mass is 15.2. The highest BCUT2D eigenvalue weighted by Gasteiger charge is 2.38. The van der Waals surface area contributed by atoms with Crippen molar-refractivity contribution in [3.05, 3.63) is 0 Å². The highest BCUT2D eigenvalue weighted by Crippen LogP contribution is 2.45. The van der Waals surface area contributed by atoms with Gasteiger partial charge in [0, 0.05) is 31.2 Å². The zero-order valence-corrected chi connectivity index (χ0v) is 15.2. The maximum absolute atomic E-state index is 3.83. The molecule has 0 saturated heterocycles. The minimum atomic E-state index is 0.481. The zero-order valence-electron chi connectivity index (χ0n) is 15.2. The summed E-state index contributed by atoms with van der Waals surface area (Å²) in [5.74, 6) is 0. The molecule has 1 saturated carbocycles.